The molecule has 1 aromatic rings. The van der Waals surface area contributed by atoms with Crippen molar-refractivity contribution in [3.63, 3.8) is 0 Å². The quantitative estimate of drug-likeness (QED) is 0.933. The van der Waals surface area contributed by atoms with Crippen LogP contribution in [0.5, 0.6) is 0 Å². The molecule has 21 heavy (non-hydrogen) atoms. The average molecular weight is 311 g/mol. The van der Waals surface area contributed by atoms with Gasteiger partial charge in [0.25, 0.3) is 0 Å². The summed E-state index contributed by atoms with van der Waals surface area (Å²) in [6.07, 6.45) is 2.63. The van der Waals surface area contributed by atoms with Crippen LogP contribution in [0.2, 0.25) is 0 Å². The van der Waals surface area contributed by atoms with Crippen LogP contribution in [0.15, 0.2) is 18.2 Å². The zero-order valence-corrected chi connectivity index (χ0v) is 14.1. The summed E-state index contributed by atoms with van der Waals surface area (Å²) in [5.74, 6) is 0.898. The maximum Gasteiger partial charge on any atom is 0.227 e. The van der Waals surface area contributed by atoms with E-state index in [1.807, 2.05) is 4.90 Å². The van der Waals surface area contributed by atoms with Gasteiger partial charge in [-0.1, -0.05) is 30.7 Å². The minimum Gasteiger partial charge on any atom is -0.338 e. The zero-order valence-electron chi connectivity index (χ0n) is 13.3. The highest BCUT2D eigenvalue weighted by atomic mass is 35.5. The van der Waals surface area contributed by atoms with Crippen LogP contribution in [-0.2, 0) is 11.2 Å². The fraction of sp³-hybridized carbons (Fsp3) is 0.588. The smallest absolute Gasteiger partial charge is 0.227 e. The van der Waals surface area contributed by atoms with Crippen LogP contribution < -0.4 is 5.73 Å². The van der Waals surface area contributed by atoms with Crippen molar-refractivity contribution in [3.8, 4) is 0 Å². The summed E-state index contributed by atoms with van der Waals surface area (Å²) in [7, 11) is 0. The van der Waals surface area contributed by atoms with E-state index in [1.54, 1.807) is 0 Å². The molecule has 1 heterocycles. The molecular formula is C17H27ClN2O. The third-order valence-electron chi connectivity index (χ3n) is 4.42. The maximum absolute atomic E-state index is 12.6. The molecule has 0 aliphatic carbocycles. The summed E-state index contributed by atoms with van der Waals surface area (Å²) in [5, 5.41) is 0. The summed E-state index contributed by atoms with van der Waals surface area (Å²) < 4.78 is 0. The van der Waals surface area contributed by atoms with E-state index in [1.165, 1.54) is 11.1 Å². The second kappa shape index (κ2) is 7.81. The second-order valence-electron chi connectivity index (χ2n) is 6.21. The van der Waals surface area contributed by atoms with Gasteiger partial charge in [0.05, 0.1) is 6.42 Å². The van der Waals surface area contributed by atoms with Crippen LogP contribution in [0, 0.1) is 19.8 Å². The molecule has 0 aromatic heterocycles. The largest absolute Gasteiger partial charge is 0.338 e. The fourth-order valence-corrected chi connectivity index (χ4v) is 3.06. The molecule has 0 bridgehead atoms. The van der Waals surface area contributed by atoms with Gasteiger partial charge >= 0.3 is 0 Å². The molecule has 1 aliphatic heterocycles. The van der Waals surface area contributed by atoms with Crippen LogP contribution in [0.3, 0.4) is 0 Å². The normalized spacial score (nSPS) is 21.8. The van der Waals surface area contributed by atoms with Crippen molar-refractivity contribution in [2.24, 2.45) is 11.7 Å². The zero-order chi connectivity index (χ0) is 14.7. The number of nitrogens with two attached hydrogens (primary N) is 1. The third kappa shape index (κ3) is 4.45. The number of amides is 1. The van der Waals surface area contributed by atoms with Crippen molar-refractivity contribution in [3.05, 3.63) is 34.9 Å². The lowest BCUT2D eigenvalue weighted by atomic mass is 9.91. The highest BCUT2D eigenvalue weighted by Gasteiger charge is 2.28. The molecule has 118 valence electrons. The Morgan fingerprint density at radius 3 is 2.76 bits per heavy atom. The fourth-order valence-electron chi connectivity index (χ4n) is 3.06. The predicted molar refractivity (Wildman–Crippen MR) is 89.8 cm³/mol. The molecule has 0 radical (unpaired) electrons. The van der Waals surface area contributed by atoms with Crippen LogP contribution >= 0.6 is 12.4 Å². The number of aryl methyl sites for hydroxylation is 2. The average Bonchev–Trinajstić information content (AvgIpc) is 2.42. The standard InChI is InChI=1S/C17H26N2O.ClH/c1-12-4-5-14(3)15(8-12)10-17(20)19-7-6-13(2)9-16(19)11-18;/h4-5,8,13,16H,6-7,9-11,18H2,1-3H3;1H. The minimum atomic E-state index is 0. The molecule has 1 saturated heterocycles. The number of likely N-dealkylation sites (tertiary alicyclic amines) is 1. The van der Waals surface area contributed by atoms with Crippen molar-refractivity contribution < 1.29 is 4.79 Å². The number of halogens is 1. The number of carbonyl (C=O) groups is 1. The second-order valence-corrected chi connectivity index (χ2v) is 6.21. The first-order valence-electron chi connectivity index (χ1n) is 7.57. The summed E-state index contributed by atoms with van der Waals surface area (Å²) in [5.41, 5.74) is 9.39. The molecule has 1 amide bonds. The van der Waals surface area contributed by atoms with Crippen LogP contribution in [0.1, 0.15) is 36.5 Å². The van der Waals surface area contributed by atoms with E-state index >= 15 is 0 Å². The van der Waals surface area contributed by atoms with Gasteiger partial charge in [-0.25, -0.2) is 0 Å². The minimum absolute atomic E-state index is 0. The molecule has 2 unspecified atom stereocenters. The van der Waals surface area contributed by atoms with E-state index in [9.17, 15) is 4.79 Å². The number of benzene rings is 1. The van der Waals surface area contributed by atoms with E-state index in [-0.39, 0.29) is 24.4 Å². The number of rotatable bonds is 3. The van der Waals surface area contributed by atoms with Crippen molar-refractivity contribution in [2.75, 3.05) is 13.1 Å². The van der Waals surface area contributed by atoms with E-state index in [0.29, 0.717) is 18.9 Å². The number of hydrogen-bond acceptors (Lipinski definition) is 2. The lowest BCUT2D eigenvalue weighted by molar-refractivity contribution is -0.134. The Morgan fingerprint density at radius 1 is 1.38 bits per heavy atom. The Labute approximate surface area is 134 Å². The molecule has 2 atom stereocenters. The summed E-state index contributed by atoms with van der Waals surface area (Å²) in [6.45, 7) is 7.81. The Balaban J connectivity index is 0.00000220. The number of hydrogen-bond donors (Lipinski definition) is 1. The molecule has 2 rings (SSSR count). The van der Waals surface area contributed by atoms with Crippen molar-refractivity contribution in [2.45, 2.75) is 46.1 Å². The first kappa shape index (κ1) is 18.0. The Bertz CT molecular complexity index is 490. The monoisotopic (exact) mass is 310 g/mol. The van der Waals surface area contributed by atoms with E-state index in [2.05, 4.69) is 39.0 Å². The Morgan fingerprint density at radius 2 is 2.10 bits per heavy atom. The molecule has 0 saturated carbocycles. The lowest BCUT2D eigenvalue weighted by Gasteiger charge is -2.38. The van der Waals surface area contributed by atoms with Gasteiger partial charge in [0.15, 0.2) is 0 Å². The molecular weight excluding hydrogens is 284 g/mol. The van der Waals surface area contributed by atoms with Crippen molar-refractivity contribution in [1.82, 2.24) is 4.90 Å². The molecule has 1 aromatic carbocycles. The number of nitrogens with zero attached hydrogens (tertiary/aromatic N) is 1. The summed E-state index contributed by atoms with van der Waals surface area (Å²) >= 11 is 0. The third-order valence-corrected chi connectivity index (χ3v) is 4.42. The van der Waals surface area contributed by atoms with Gasteiger partial charge < -0.3 is 10.6 Å². The predicted octanol–water partition coefficient (Wildman–Crippen LogP) is 2.85. The SMILES string of the molecule is Cc1ccc(C)c(CC(=O)N2CCC(C)CC2CN)c1.Cl. The van der Waals surface area contributed by atoms with Gasteiger partial charge in [0, 0.05) is 19.1 Å². The van der Waals surface area contributed by atoms with Gasteiger partial charge in [-0.2, -0.15) is 0 Å². The Kier molecular flexibility index (Phi) is 6.69. The molecule has 1 aliphatic rings. The number of piperidine rings is 1. The first-order valence-corrected chi connectivity index (χ1v) is 7.57. The molecule has 2 N–H and O–H groups in total. The first-order chi connectivity index (χ1) is 9.51. The van der Waals surface area contributed by atoms with E-state index < -0.39 is 0 Å². The highest BCUT2D eigenvalue weighted by molar-refractivity contribution is 5.85. The van der Waals surface area contributed by atoms with Gasteiger partial charge in [0.1, 0.15) is 0 Å². The molecule has 1 fully saturated rings. The molecule has 0 spiro atoms. The summed E-state index contributed by atoms with van der Waals surface area (Å²) in [6, 6.07) is 6.53. The van der Waals surface area contributed by atoms with Gasteiger partial charge in [0.2, 0.25) is 5.91 Å². The lowest BCUT2D eigenvalue weighted by Crippen LogP contribution is -2.49. The van der Waals surface area contributed by atoms with E-state index in [4.69, 9.17) is 5.73 Å². The highest BCUT2D eigenvalue weighted by Crippen LogP contribution is 2.23. The number of carbonyl (C=O) groups excluding carboxylic acids is 1. The van der Waals surface area contributed by atoms with Crippen molar-refractivity contribution in [1.29, 1.82) is 0 Å². The van der Waals surface area contributed by atoms with Crippen molar-refractivity contribution >= 4 is 18.3 Å². The van der Waals surface area contributed by atoms with E-state index in [0.717, 1.165) is 24.9 Å². The van der Waals surface area contributed by atoms with Gasteiger partial charge in [-0.05, 0) is 43.7 Å². The Hall–Kier alpha value is -1.06. The van der Waals surface area contributed by atoms with Crippen LogP contribution in [0.25, 0.3) is 0 Å². The van der Waals surface area contributed by atoms with Gasteiger partial charge in [-0.15, -0.1) is 12.4 Å². The molecule has 4 heteroatoms. The topological polar surface area (TPSA) is 46.3 Å². The molecule has 3 nitrogen and oxygen atoms in total. The van der Waals surface area contributed by atoms with Crippen LogP contribution in [0.4, 0.5) is 0 Å². The van der Waals surface area contributed by atoms with Gasteiger partial charge in [-0.3, -0.25) is 4.79 Å². The maximum atomic E-state index is 12.6. The summed E-state index contributed by atoms with van der Waals surface area (Å²) in [4.78, 5) is 14.6. The van der Waals surface area contributed by atoms with Crippen LogP contribution in [-0.4, -0.2) is 29.9 Å².